The Morgan fingerprint density at radius 1 is 1.17 bits per heavy atom. The van der Waals surface area contributed by atoms with Gasteiger partial charge in [-0.3, -0.25) is 4.79 Å². The van der Waals surface area contributed by atoms with E-state index >= 15 is 0 Å². The number of nitrogens with two attached hydrogens (primary N) is 1. The molecule has 2 N–H and O–H groups in total. The smallest absolute Gasteiger partial charge is 0.410 e. The van der Waals surface area contributed by atoms with Crippen molar-refractivity contribution in [2.75, 3.05) is 19.6 Å². The lowest BCUT2D eigenvalue weighted by molar-refractivity contribution is -0.133. The lowest BCUT2D eigenvalue weighted by atomic mass is 10.0. The molecule has 1 saturated carbocycles. The molecule has 1 aliphatic heterocycles. The van der Waals surface area contributed by atoms with Crippen molar-refractivity contribution in [3.8, 4) is 0 Å². The molecule has 0 bridgehead atoms. The van der Waals surface area contributed by atoms with Crippen LogP contribution in [-0.2, 0) is 16.1 Å². The maximum absolute atomic E-state index is 12.3. The number of ether oxygens (including phenoxy) is 1. The summed E-state index contributed by atoms with van der Waals surface area (Å²) in [7, 11) is 0. The van der Waals surface area contributed by atoms with Crippen molar-refractivity contribution in [1.82, 2.24) is 9.80 Å². The third kappa shape index (κ3) is 4.06. The standard InChI is InChI=1S/C18H25N3O3/c19-11-17(22)21(15-8-9-15)16-7-4-10-20(12-16)18(23)24-13-14-5-2-1-3-6-14/h1-3,5-6,15-16H,4,7-13,19H2/t16-/m0/s1. The van der Waals surface area contributed by atoms with Gasteiger partial charge < -0.3 is 20.3 Å². The largest absolute Gasteiger partial charge is 0.445 e. The molecule has 24 heavy (non-hydrogen) atoms. The molecule has 6 nitrogen and oxygen atoms in total. The Morgan fingerprint density at radius 3 is 2.58 bits per heavy atom. The van der Waals surface area contributed by atoms with E-state index in [0.717, 1.165) is 31.2 Å². The summed E-state index contributed by atoms with van der Waals surface area (Å²) in [6.45, 7) is 1.52. The molecule has 130 valence electrons. The number of benzene rings is 1. The minimum Gasteiger partial charge on any atom is -0.445 e. The van der Waals surface area contributed by atoms with Gasteiger partial charge in [0.05, 0.1) is 6.54 Å². The van der Waals surface area contributed by atoms with Gasteiger partial charge in [-0.2, -0.15) is 0 Å². The second-order valence-electron chi connectivity index (χ2n) is 6.52. The van der Waals surface area contributed by atoms with Crippen LogP contribution in [0, 0.1) is 0 Å². The molecule has 3 rings (SSSR count). The molecule has 0 aromatic heterocycles. The maximum Gasteiger partial charge on any atom is 0.410 e. The van der Waals surface area contributed by atoms with E-state index in [9.17, 15) is 9.59 Å². The number of rotatable bonds is 5. The maximum atomic E-state index is 12.3. The summed E-state index contributed by atoms with van der Waals surface area (Å²) in [4.78, 5) is 28.1. The fraction of sp³-hybridized carbons (Fsp3) is 0.556. The van der Waals surface area contributed by atoms with Gasteiger partial charge in [0.25, 0.3) is 0 Å². The molecule has 1 atom stereocenters. The van der Waals surface area contributed by atoms with Crippen LogP contribution in [0.25, 0.3) is 0 Å². The van der Waals surface area contributed by atoms with Crippen LogP contribution in [0.5, 0.6) is 0 Å². The highest BCUT2D eigenvalue weighted by molar-refractivity contribution is 5.79. The highest BCUT2D eigenvalue weighted by atomic mass is 16.6. The van der Waals surface area contributed by atoms with E-state index in [1.165, 1.54) is 0 Å². The van der Waals surface area contributed by atoms with Crippen molar-refractivity contribution in [2.45, 2.75) is 44.4 Å². The minimum absolute atomic E-state index is 0.0120. The summed E-state index contributed by atoms with van der Waals surface area (Å²) in [5.41, 5.74) is 6.53. The Kier molecular flexibility index (Phi) is 5.35. The first kappa shape index (κ1) is 16.8. The van der Waals surface area contributed by atoms with Gasteiger partial charge >= 0.3 is 6.09 Å². The SMILES string of the molecule is NCC(=O)N(C1CC1)[C@H]1CCCN(C(=O)OCc2ccccc2)C1. The second kappa shape index (κ2) is 7.66. The lowest BCUT2D eigenvalue weighted by Gasteiger charge is -2.39. The molecule has 6 heteroatoms. The first-order chi connectivity index (χ1) is 11.7. The van der Waals surface area contributed by atoms with Gasteiger partial charge in [0.1, 0.15) is 6.61 Å². The van der Waals surface area contributed by atoms with Gasteiger partial charge in [-0.1, -0.05) is 30.3 Å². The van der Waals surface area contributed by atoms with Crippen molar-refractivity contribution in [2.24, 2.45) is 5.73 Å². The molecule has 2 amide bonds. The van der Waals surface area contributed by atoms with Crippen molar-refractivity contribution in [3.63, 3.8) is 0 Å². The Morgan fingerprint density at radius 2 is 1.92 bits per heavy atom. The van der Waals surface area contributed by atoms with Gasteiger partial charge in [-0.25, -0.2) is 4.79 Å². The van der Waals surface area contributed by atoms with E-state index in [2.05, 4.69) is 0 Å². The van der Waals surface area contributed by atoms with Crippen LogP contribution < -0.4 is 5.73 Å². The van der Waals surface area contributed by atoms with Crippen LogP contribution in [0.15, 0.2) is 30.3 Å². The van der Waals surface area contributed by atoms with E-state index in [1.54, 1.807) is 4.90 Å². The van der Waals surface area contributed by atoms with Crippen LogP contribution in [0.4, 0.5) is 4.79 Å². The molecule has 1 aromatic carbocycles. The van der Waals surface area contributed by atoms with Gasteiger partial charge in [0, 0.05) is 25.2 Å². The van der Waals surface area contributed by atoms with Gasteiger partial charge in [0.2, 0.25) is 5.91 Å². The number of likely N-dealkylation sites (tertiary alicyclic amines) is 1. The van der Waals surface area contributed by atoms with Gasteiger partial charge in [-0.05, 0) is 31.2 Å². The van der Waals surface area contributed by atoms with E-state index < -0.39 is 0 Å². The van der Waals surface area contributed by atoms with Crippen LogP contribution >= 0.6 is 0 Å². The Hall–Kier alpha value is -2.08. The normalized spacial score (nSPS) is 20.5. The van der Waals surface area contributed by atoms with Crippen LogP contribution in [0.2, 0.25) is 0 Å². The highest BCUT2D eigenvalue weighted by Gasteiger charge is 2.39. The summed E-state index contributed by atoms with van der Waals surface area (Å²) in [5.74, 6) is -0.0120. The Balaban J connectivity index is 1.56. The number of piperidine rings is 1. The highest BCUT2D eigenvalue weighted by Crippen LogP contribution is 2.31. The molecule has 0 spiro atoms. The average molecular weight is 331 g/mol. The first-order valence-corrected chi connectivity index (χ1v) is 8.66. The lowest BCUT2D eigenvalue weighted by Crippen LogP contribution is -2.53. The fourth-order valence-electron chi connectivity index (χ4n) is 3.32. The van der Waals surface area contributed by atoms with Crippen molar-refractivity contribution < 1.29 is 14.3 Å². The summed E-state index contributed by atoms with van der Waals surface area (Å²) >= 11 is 0. The Labute approximate surface area is 142 Å². The number of hydrogen-bond acceptors (Lipinski definition) is 4. The summed E-state index contributed by atoms with van der Waals surface area (Å²) in [5, 5.41) is 0. The van der Waals surface area contributed by atoms with E-state index in [1.807, 2.05) is 35.2 Å². The molecular formula is C18H25N3O3. The third-order valence-corrected chi connectivity index (χ3v) is 4.66. The Bertz CT molecular complexity index is 574. The number of amides is 2. The second-order valence-corrected chi connectivity index (χ2v) is 6.52. The molecule has 2 aliphatic rings. The molecule has 1 aromatic rings. The molecule has 0 unspecified atom stereocenters. The monoisotopic (exact) mass is 331 g/mol. The van der Waals surface area contributed by atoms with Gasteiger partial charge in [0.15, 0.2) is 0 Å². The zero-order valence-electron chi connectivity index (χ0n) is 13.9. The van der Waals surface area contributed by atoms with Crippen molar-refractivity contribution >= 4 is 12.0 Å². The predicted molar refractivity (Wildman–Crippen MR) is 90.1 cm³/mol. The molecule has 0 radical (unpaired) electrons. The molecule has 1 aliphatic carbocycles. The summed E-state index contributed by atoms with van der Waals surface area (Å²) in [6, 6.07) is 10.0. The third-order valence-electron chi connectivity index (χ3n) is 4.66. The van der Waals surface area contributed by atoms with E-state index in [0.29, 0.717) is 19.1 Å². The summed E-state index contributed by atoms with van der Waals surface area (Å²) in [6.07, 6.45) is 3.58. The molecular weight excluding hydrogens is 306 g/mol. The molecule has 2 fully saturated rings. The van der Waals surface area contributed by atoms with Crippen LogP contribution in [-0.4, -0.2) is 53.5 Å². The first-order valence-electron chi connectivity index (χ1n) is 8.66. The van der Waals surface area contributed by atoms with Crippen LogP contribution in [0.1, 0.15) is 31.2 Å². The average Bonchev–Trinajstić information content (AvgIpc) is 3.45. The van der Waals surface area contributed by atoms with E-state index in [-0.39, 0.29) is 31.2 Å². The zero-order chi connectivity index (χ0) is 16.9. The topological polar surface area (TPSA) is 75.9 Å². The van der Waals surface area contributed by atoms with E-state index in [4.69, 9.17) is 10.5 Å². The van der Waals surface area contributed by atoms with Gasteiger partial charge in [-0.15, -0.1) is 0 Å². The molecule has 1 saturated heterocycles. The quantitative estimate of drug-likeness (QED) is 0.892. The predicted octanol–water partition coefficient (Wildman–Crippen LogP) is 1.74. The zero-order valence-corrected chi connectivity index (χ0v) is 13.9. The fourth-order valence-corrected chi connectivity index (χ4v) is 3.32. The number of hydrogen-bond donors (Lipinski definition) is 1. The summed E-state index contributed by atoms with van der Waals surface area (Å²) < 4.78 is 5.42. The number of carbonyl (C=O) groups is 2. The number of nitrogens with zero attached hydrogens (tertiary/aromatic N) is 2. The van der Waals surface area contributed by atoms with Crippen LogP contribution in [0.3, 0.4) is 0 Å². The minimum atomic E-state index is -0.306. The molecule has 1 heterocycles. The van der Waals surface area contributed by atoms with Crippen molar-refractivity contribution in [1.29, 1.82) is 0 Å². The van der Waals surface area contributed by atoms with Crippen molar-refractivity contribution in [3.05, 3.63) is 35.9 Å². The number of carbonyl (C=O) groups excluding carboxylic acids is 2.